The molecule has 10 nitrogen and oxygen atoms in total. The molecule has 0 unspecified atom stereocenters. The quantitative estimate of drug-likeness (QED) is 0.448. The summed E-state index contributed by atoms with van der Waals surface area (Å²) in [5.74, 6) is 3.22. The van der Waals surface area contributed by atoms with Crippen molar-refractivity contribution >= 4 is 28.2 Å². The third kappa shape index (κ3) is 2.71. The number of nitro groups is 1. The zero-order chi connectivity index (χ0) is 19.2. The number of nitrogens with two attached hydrogens (primary N) is 1. The van der Waals surface area contributed by atoms with Gasteiger partial charge in [0.05, 0.1) is 10.3 Å². The summed E-state index contributed by atoms with van der Waals surface area (Å²) in [7, 11) is 1.88. The van der Waals surface area contributed by atoms with Gasteiger partial charge in [0.15, 0.2) is 17.0 Å². The van der Waals surface area contributed by atoms with Crippen molar-refractivity contribution in [3.63, 3.8) is 0 Å². The molecular formula is C15H16FN5O5. The van der Waals surface area contributed by atoms with Crippen LogP contribution in [0.2, 0.25) is 0 Å². The predicted molar refractivity (Wildman–Crippen MR) is 91.6 cm³/mol. The minimum atomic E-state index is -1.55. The number of hydrogen-bond acceptors (Lipinski definition) is 7. The number of carboxylic acid groups (broad SMARTS) is 1. The van der Waals surface area contributed by atoms with Gasteiger partial charge in [0.25, 0.3) is 0 Å². The molecule has 3 rings (SSSR count). The number of halogens is 1. The number of nitrogen functional groups attached to an aromatic ring is 1. The summed E-state index contributed by atoms with van der Waals surface area (Å²) >= 11 is 0. The predicted octanol–water partition coefficient (Wildman–Crippen LogP) is 0.213. The van der Waals surface area contributed by atoms with Gasteiger partial charge in [0.2, 0.25) is 5.43 Å². The largest absolute Gasteiger partial charge is 0.477 e. The first-order chi connectivity index (χ1) is 12.2. The first kappa shape index (κ1) is 17.6. The number of hydrogen-bond donors (Lipinski definition) is 2. The molecule has 0 radical (unpaired) electrons. The molecule has 0 aliphatic carbocycles. The molecule has 1 aromatic carbocycles. The molecule has 1 aliphatic rings. The second kappa shape index (κ2) is 6.26. The lowest BCUT2D eigenvalue weighted by Gasteiger charge is -2.34. The van der Waals surface area contributed by atoms with Gasteiger partial charge < -0.3 is 20.7 Å². The number of anilines is 1. The Morgan fingerprint density at radius 2 is 1.96 bits per heavy atom. The fraction of sp³-hybridized carbons (Fsp3) is 0.333. The molecule has 11 heteroatoms. The Labute approximate surface area is 145 Å². The molecule has 0 amide bonds. The fourth-order valence-electron chi connectivity index (χ4n) is 3.11. The van der Waals surface area contributed by atoms with Gasteiger partial charge in [-0.2, -0.15) is 0 Å². The second-order valence-electron chi connectivity index (χ2n) is 6.08. The number of carbonyl (C=O) groups is 1. The molecule has 1 saturated heterocycles. The Kier molecular flexibility index (Phi) is 4.24. The number of carboxylic acids is 1. The van der Waals surface area contributed by atoms with Crippen LogP contribution in [0.25, 0.3) is 10.9 Å². The van der Waals surface area contributed by atoms with E-state index >= 15 is 0 Å². The number of fused-ring (bicyclic) bond motifs is 1. The standard InChI is InChI=1S/C15H16FN5O5/c1-18-2-4-19(5-3-18)12-10(16)6-8-11(13(12)21(25)26)20(17)7-9(14(8)22)15(23)24/h6-7H,2-5,17H2,1H3,(H,23,24). The van der Waals surface area contributed by atoms with Crippen LogP contribution in [0.3, 0.4) is 0 Å². The highest BCUT2D eigenvalue weighted by Gasteiger charge is 2.32. The molecule has 26 heavy (non-hydrogen) atoms. The molecule has 1 aromatic heterocycles. The zero-order valence-corrected chi connectivity index (χ0v) is 13.8. The van der Waals surface area contributed by atoms with Crippen molar-refractivity contribution in [2.24, 2.45) is 0 Å². The van der Waals surface area contributed by atoms with Crippen molar-refractivity contribution in [2.75, 3.05) is 44.0 Å². The lowest BCUT2D eigenvalue weighted by molar-refractivity contribution is -0.382. The van der Waals surface area contributed by atoms with Gasteiger partial charge in [0.1, 0.15) is 5.56 Å². The number of aromatic carboxylic acids is 1. The van der Waals surface area contributed by atoms with Gasteiger partial charge in [-0.15, -0.1) is 0 Å². The smallest absolute Gasteiger partial charge is 0.341 e. The van der Waals surface area contributed by atoms with Crippen LogP contribution in [-0.2, 0) is 0 Å². The number of likely N-dealkylation sites (N-methyl/N-ethyl adjacent to an activating group) is 1. The number of nitrogens with zero attached hydrogens (tertiary/aromatic N) is 4. The number of benzene rings is 1. The molecule has 3 N–H and O–H groups in total. The van der Waals surface area contributed by atoms with E-state index in [0.29, 0.717) is 30.9 Å². The third-order valence-electron chi connectivity index (χ3n) is 4.45. The molecule has 0 atom stereocenters. The number of piperazine rings is 1. The van der Waals surface area contributed by atoms with E-state index in [-0.39, 0.29) is 11.2 Å². The van der Waals surface area contributed by atoms with E-state index in [1.807, 2.05) is 11.9 Å². The number of aromatic nitrogens is 1. The molecule has 1 fully saturated rings. The number of nitro benzene ring substituents is 1. The summed E-state index contributed by atoms with van der Waals surface area (Å²) in [6.07, 6.45) is 0.797. The van der Waals surface area contributed by atoms with Crippen molar-refractivity contribution < 1.29 is 19.2 Å². The van der Waals surface area contributed by atoms with Crippen LogP contribution in [0.15, 0.2) is 17.1 Å². The van der Waals surface area contributed by atoms with Crippen LogP contribution in [0.4, 0.5) is 15.8 Å². The lowest BCUT2D eigenvalue weighted by atomic mass is 10.1. The normalized spacial score (nSPS) is 15.4. The Hall–Kier alpha value is -3.21. The maximum Gasteiger partial charge on any atom is 0.341 e. The highest BCUT2D eigenvalue weighted by atomic mass is 19.1. The molecule has 138 valence electrons. The van der Waals surface area contributed by atoms with Crippen molar-refractivity contribution in [3.8, 4) is 0 Å². The first-order valence-electron chi connectivity index (χ1n) is 7.70. The molecule has 0 bridgehead atoms. The monoisotopic (exact) mass is 365 g/mol. The summed E-state index contributed by atoms with van der Waals surface area (Å²) in [6.45, 7) is 1.90. The molecule has 0 saturated carbocycles. The average Bonchev–Trinajstić information content (AvgIpc) is 2.57. The van der Waals surface area contributed by atoms with E-state index in [1.165, 1.54) is 4.90 Å². The minimum absolute atomic E-state index is 0.253. The number of rotatable bonds is 3. The van der Waals surface area contributed by atoms with Gasteiger partial charge in [-0.05, 0) is 13.1 Å². The summed E-state index contributed by atoms with van der Waals surface area (Å²) in [4.78, 5) is 37.9. The van der Waals surface area contributed by atoms with Crippen LogP contribution in [0.1, 0.15) is 10.4 Å². The van der Waals surface area contributed by atoms with Crippen LogP contribution in [-0.4, -0.2) is 58.8 Å². The summed E-state index contributed by atoms with van der Waals surface area (Å²) in [6, 6.07) is 0.814. The maximum absolute atomic E-state index is 14.8. The van der Waals surface area contributed by atoms with Crippen molar-refractivity contribution in [3.05, 3.63) is 44.0 Å². The molecule has 2 aromatic rings. The SMILES string of the molecule is CN1CCN(c2c(F)cc3c(=O)c(C(=O)O)cn(N)c3c2[N+](=O)[O-])CC1. The van der Waals surface area contributed by atoms with Crippen LogP contribution in [0.5, 0.6) is 0 Å². The Morgan fingerprint density at radius 1 is 1.35 bits per heavy atom. The molecule has 1 aliphatic heterocycles. The maximum atomic E-state index is 14.8. The summed E-state index contributed by atoms with van der Waals surface area (Å²) in [5.41, 5.74) is -2.94. The minimum Gasteiger partial charge on any atom is -0.477 e. The topological polar surface area (TPSA) is 135 Å². The summed E-state index contributed by atoms with van der Waals surface area (Å²) < 4.78 is 15.5. The van der Waals surface area contributed by atoms with Gasteiger partial charge in [-0.1, -0.05) is 0 Å². The zero-order valence-electron chi connectivity index (χ0n) is 13.8. The van der Waals surface area contributed by atoms with E-state index in [1.54, 1.807) is 0 Å². The van der Waals surface area contributed by atoms with Gasteiger partial charge in [-0.3, -0.25) is 19.6 Å². The second-order valence-corrected chi connectivity index (χ2v) is 6.08. The highest BCUT2D eigenvalue weighted by Crippen LogP contribution is 2.37. The molecule has 2 heterocycles. The van der Waals surface area contributed by atoms with E-state index in [2.05, 4.69) is 0 Å². The van der Waals surface area contributed by atoms with E-state index in [0.717, 1.165) is 12.3 Å². The van der Waals surface area contributed by atoms with Gasteiger partial charge in [0, 0.05) is 32.4 Å². The van der Waals surface area contributed by atoms with Crippen molar-refractivity contribution in [1.29, 1.82) is 0 Å². The van der Waals surface area contributed by atoms with Crippen LogP contribution >= 0.6 is 0 Å². The van der Waals surface area contributed by atoms with Gasteiger partial charge >= 0.3 is 11.7 Å². The van der Waals surface area contributed by atoms with E-state index in [9.17, 15) is 24.1 Å². The van der Waals surface area contributed by atoms with Gasteiger partial charge in [-0.25, -0.2) is 9.18 Å². The Bertz CT molecular complexity index is 981. The Morgan fingerprint density at radius 3 is 2.50 bits per heavy atom. The molecular weight excluding hydrogens is 349 g/mol. The number of pyridine rings is 1. The van der Waals surface area contributed by atoms with Crippen LogP contribution < -0.4 is 16.2 Å². The molecule has 0 spiro atoms. The lowest BCUT2D eigenvalue weighted by Crippen LogP contribution is -2.45. The van der Waals surface area contributed by atoms with Crippen molar-refractivity contribution in [2.45, 2.75) is 0 Å². The van der Waals surface area contributed by atoms with E-state index in [4.69, 9.17) is 10.9 Å². The fourth-order valence-corrected chi connectivity index (χ4v) is 3.11. The van der Waals surface area contributed by atoms with Crippen molar-refractivity contribution in [1.82, 2.24) is 9.58 Å². The Balaban J connectivity index is 2.36. The average molecular weight is 365 g/mol. The van der Waals surface area contributed by atoms with Crippen LogP contribution in [0, 0.1) is 15.9 Å². The highest BCUT2D eigenvalue weighted by molar-refractivity contribution is 5.98. The third-order valence-corrected chi connectivity index (χ3v) is 4.45. The van der Waals surface area contributed by atoms with E-state index < -0.39 is 38.8 Å². The summed E-state index contributed by atoms with van der Waals surface area (Å²) in [5, 5.41) is 20.3. The first-order valence-corrected chi connectivity index (χ1v) is 7.70.